The second-order valence-corrected chi connectivity index (χ2v) is 4.23. The number of carbonyl (C=O) groups is 1. The largest absolute Gasteiger partial charge is 0.420 e. The molecular weight excluding hydrogens is 256 g/mol. The molecule has 5 heteroatoms. The average molecular weight is 270 g/mol. The number of rotatable bonds is 3. The van der Waals surface area contributed by atoms with Gasteiger partial charge >= 0.3 is 6.09 Å². The number of amides is 1. The molecule has 0 N–H and O–H groups in total. The van der Waals surface area contributed by atoms with Crippen molar-refractivity contribution in [1.82, 2.24) is 4.90 Å². The van der Waals surface area contributed by atoms with E-state index in [4.69, 9.17) is 9.47 Å². The Balaban J connectivity index is 2.58. The van der Waals surface area contributed by atoms with Crippen molar-refractivity contribution in [3.63, 3.8) is 0 Å². The molecule has 0 saturated heterocycles. The molecule has 0 fully saturated rings. The number of methoxy groups -OCH3 is 1. The lowest BCUT2D eigenvalue weighted by Gasteiger charge is -2.38. The molecule has 0 unspecified atom stereocenters. The Labute approximate surface area is 117 Å². The topological polar surface area (TPSA) is 62.6 Å². The zero-order chi connectivity index (χ0) is 14.6. The third-order valence-corrected chi connectivity index (χ3v) is 3.14. The molecule has 0 saturated carbocycles. The quantitative estimate of drug-likeness (QED) is 0.792. The van der Waals surface area contributed by atoms with Gasteiger partial charge in [0.1, 0.15) is 0 Å². The highest BCUT2D eigenvalue weighted by molar-refractivity contribution is 5.76. The zero-order valence-corrected chi connectivity index (χ0v) is 11.1. The first-order chi connectivity index (χ1) is 9.69. The molecule has 1 heterocycles. The monoisotopic (exact) mass is 270 g/mol. The van der Waals surface area contributed by atoms with E-state index in [-0.39, 0.29) is 6.61 Å². The van der Waals surface area contributed by atoms with Gasteiger partial charge in [-0.1, -0.05) is 30.8 Å². The minimum atomic E-state index is -1.25. The lowest BCUT2D eigenvalue weighted by Crippen LogP contribution is -2.50. The summed E-state index contributed by atoms with van der Waals surface area (Å²) in [6.07, 6.45) is 3.64. The molecule has 1 atom stereocenters. The van der Waals surface area contributed by atoms with Crippen LogP contribution >= 0.6 is 0 Å². The lowest BCUT2D eigenvalue weighted by molar-refractivity contribution is 0.0649. The Hall–Kier alpha value is -2.58. The van der Waals surface area contributed by atoms with E-state index in [0.717, 1.165) is 11.8 Å². The zero-order valence-electron chi connectivity index (χ0n) is 11.1. The minimum absolute atomic E-state index is 0.0388. The van der Waals surface area contributed by atoms with E-state index in [1.54, 1.807) is 12.1 Å². The first-order valence-electron chi connectivity index (χ1n) is 5.98. The Morgan fingerprint density at radius 2 is 2.30 bits per heavy atom. The molecule has 2 rings (SSSR count). The van der Waals surface area contributed by atoms with E-state index < -0.39 is 11.6 Å². The van der Waals surface area contributed by atoms with E-state index in [9.17, 15) is 10.1 Å². The van der Waals surface area contributed by atoms with E-state index in [1.807, 2.05) is 18.2 Å². The van der Waals surface area contributed by atoms with Crippen LogP contribution in [0.15, 0.2) is 43.3 Å². The summed E-state index contributed by atoms with van der Waals surface area (Å²) >= 11 is 0. The first-order valence-corrected chi connectivity index (χ1v) is 5.98. The van der Waals surface area contributed by atoms with Crippen molar-refractivity contribution in [2.45, 2.75) is 5.54 Å². The predicted molar refractivity (Wildman–Crippen MR) is 73.2 cm³/mol. The second-order valence-electron chi connectivity index (χ2n) is 4.23. The normalized spacial score (nSPS) is 19.9. The summed E-state index contributed by atoms with van der Waals surface area (Å²) in [5, 5.41) is 9.67. The molecule has 20 heavy (non-hydrogen) atoms. The van der Waals surface area contributed by atoms with Crippen LogP contribution in [-0.2, 0) is 15.0 Å². The fraction of sp³-hybridized carbons (Fsp3) is 0.200. The number of fused-ring (bicyclic) bond motifs is 1. The van der Waals surface area contributed by atoms with Crippen molar-refractivity contribution in [1.29, 1.82) is 5.26 Å². The van der Waals surface area contributed by atoms with Gasteiger partial charge in [0.15, 0.2) is 5.54 Å². The summed E-state index contributed by atoms with van der Waals surface area (Å²) in [7, 11) is 1.48. The predicted octanol–water partition coefficient (Wildman–Crippen LogP) is 2.62. The summed E-state index contributed by atoms with van der Waals surface area (Å²) in [5.74, 6) is 0. The van der Waals surface area contributed by atoms with Gasteiger partial charge in [-0.15, -0.1) is 0 Å². The molecule has 0 radical (unpaired) electrons. The molecule has 1 amide bonds. The number of carbonyl (C=O) groups excluding carboxylic acids is 1. The molecule has 1 aliphatic rings. The first kappa shape index (κ1) is 13.8. The van der Waals surface area contributed by atoms with Crippen LogP contribution in [0, 0.1) is 11.3 Å². The maximum absolute atomic E-state index is 12.0. The smallest absolute Gasteiger partial charge is 0.419 e. The number of benzene rings is 1. The summed E-state index contributed by atoms with van der Waals surface area (Å²) in [5.41, 5.74) is 0.321. The number of hydrogen-bond acceptors (Lipinski definition) is 4. The van der Waals surface area contributed by atoms with Crippen LogP contribution in [0.5, 0.6) is 0 Å². The number of nitriles is 1. The average Bonchev–Trinajstić information content (AvgIpc) is 2.47. The maximum Gasteiger partial charge on any atom is 0.420 e. The molecule has 0 bridgehead atoms. The van der Waals surface area contributed by atoms with Crippen LogP contribution in [0.3, 0.4) is 0 Å². The summed E-state index contributed by atoms with van der Waals surface area (Å²) < 4.78 is 9.95. The molecule has 0 aliphatic carbocycles. The Morgan fingerprint density at radius 1 is 1.55 bits per heavy atom. The number of ether oxygens (including phenoxy) is 2. The molecule has 0 spiro atoms. The van der Waals surface area contributed by atoms with Crippen LogP contribution < -0.4 is 0 Å². The van der Waals surface area contributed by atoms with Gasteiger partial charge in [0.05, 0.1) is 18.9 Å². The number of nitrogens with zero attached hydrogens (tertiary/aromatic N) is 2. The SMILES string of the molecule is C=COC(=O)N1C=Cc2ccccc2[C@]1(C#N)COC. The molecule has 1 aliphatic heterocycles. The van der Waals surface area contributed by atoms with Gasteiger partial charge in [-0.2, -0.15) is 5.26 Å². The van der Waals surface area contributed by atoms with E-state index >= 15 is 0 Å². The van der Waals surface area contributed by atoms with Crippen LogP contribution in [0.25, 0.3) is 6.08 Å². The van der Waals surface area contributed by atoms with Crippen LogP contribution in [-0.4, -0.2) is 24.7 Å². The molecule has 5 nitrogen and oxygen atoms in total. The molecule has 0 aromatic heterocycles. The van der Waals surface area contributed by atoms with E-state index in [2.05, 4.69) is 12.6 Å². The highest BCUT2D eigenvalue weighted by atomic mass is 16.5. The van der Waals surface area contributed by atoms with Crippen molar-refractivity contribution < 1.29 is 14.3 Å². The summed E-state index contributed by atoms with van der Waals surface area (Å²) in [4.78, 5) is 13.3. The van der Waals surface area contributed by atoms with Crippen LogP contribution in [0.1, 0.15) is 11.1 Å². The maximum atomic E-state index is 12.0. The van der Waals surface area contributed by atoms with Crippen molar-refractivity contribution in [2.75, 3.05) is 13.7 Å². The molecule has 1 aromatic rings. The van der Waals surface area contributed by atoms with Gasteiger partial charge < -0.3 is 9.47 Å². The summed E-state index contributed by atoms with van der Waals surface area (Å²) in [6, 6.07) is 9.55. The standard InChI is InChI=1S/C15H14N2O3/c1-3-20-14(18)17-9-8-12-6-4-5-7-13(12)15(17,10-16)11-19-2/h3-9H,1,11H2,2H3/t15-/m0/s1. The molecular formula is C15H14N2O3. The fourth-order valence-electron chi connectivity index (χ4n) is 2.28. The third kappa shape index (κ3) is 2.06. The van der Waals surface area contributed by atoms with Crippen LogP contribution in [0.4, 0.5) is 4.79 Å². The fourth-order valence-corrected chi connectivity index (χ4v) is 2.28. The highest BCUT2D eigenvalue weighted by Crippen LogP contribution is 2.36. The second kappa shape index (κ2) is 5.59. The van der Waals surface area contributed by atoms with Crippen LogP contribution in [0.2, 0.25) is 0 Å². The van der Waals surface area contributed by atoms with Crippen molar-refractivity contribution in [3.05, 3.63) is 54.4 Å². The molecule has 1 aromatic carbocycles. The Morgan fingerprint density at radius 3 is 2.95 bits per heavy atom. The van der Waals surface area contributed by atoms with Gasteiger partial charge in [-0.3, -0.25) is 4.90 Å². The van der Waals surface area contributed by atoms with E-state index in [1.165, 1.54) is 18.2 Å². The van der Waals surface area contributed by atoms with Gasteiger partial charge in [-0.25, -0.2) is 4.79 Å². The Kier molecular flexibility index (Phi) is 3.87. The van der Waals surface area contributed by atoms with Gasteiger partial charge in [-0.05, 0) is 11.6 Å². The Bertz CT molecular complexity index is 603. The third-order valence-electron chi connectivity index (χ3n) is 3.14. The van der Waals surface area contributed by atoms with E-state index in [0.29, 0.717) is 5.56 Å². The van der Waals surface area contributed by atoms with Crippen molar-refractivity contribution >= 4 is 12.2 Å². The van der Waals surface area contributed by atoms with Gasteiger partial charge in [0, 0.05) is 18.9 Å². The van der Waals surface area contributed by atoms with Gasteiger partial charge in [0.25, 0.3) is 0 Å². The van der Waals surface area contributed by atoms with Crippen molar-refractivity contribution in [2.24, 2.45) is 0 Å². The molecule has 102 valence electrons. The minimum Gasteiger partial charge on any atom is -0.419 e. The number of hydrogen-bond donors (Lipinski definition) is 0. The van der Waals surface area contributed by atoms with Crippen molar-refractivity contribution in [3.8, 4) is 6.07 Å². The van der Waals surface area contributed by atoms with Gasteiger partial charge in [0.2, 0.25) is 0 Å². The lowest BCUT2D eigenvalue weighted by atomic mass is 9.84. The highest BCUT2D eigenvalue weighted by Gasteiger charge is 2.45. The summed E-state index contributed by atoms with van der Waals surface area (Å²) in [6.45, 7) is 3.39.